The van der Waals surface area contributed by atoms with E-state index in [0.29, 0.717) is 38.4 Å². The number of allylic oxidation sites excluding steroid dienone is 4. The standard InChI is InChI=1S/C27H55NO4.C26H53NO4.C24H45NO4/c1-4-6-8-9-10-11-12-13-14-15-16-18-19-24(3)21-28(22-25(30)23-29)27(32)26(31)20-17-7-5-2;1-3-5-6-7-8-9-10-11-12-13-14-15-16-17-18-19-21-27(22-24(29)23-28)26(31)25(30)20-4-2;1-3-4-5-6-7-8-9-10-11-12-13-14-15-16-17-18-19-25(20-23(28)21-26)24(29)22(2)27/h24-26,29-31H,4-23H2,1-3H3;24-25,28-30H,3-23H2,1-2H3;7-8,10-11,22-23,26-28H,3-6,9,12-21H2,1-2H3. The molecule has 0 rings (SSSR count). The smallest absolute Gasteiger partial charge is 0.251 e. The summed E-state index contributed by atoms with van der Waals surface area (Å²) in [6.45, 7) is 15.0. The highest BCUT2D eigenvalue weighted by Gasteiger charge is 2.26. The first kappa shape index (κ1) is 93.7. The average Bonchev–Trinajstić information content (AvgIpc) is 2.53. The first-order valence-corrected chi connectivity index (χ1v) is 38.6. The van der Waals surface area contributed by atoms with Gasteiger partial charge in [-0.25, -0.2) is 0 Å². The van der Waals surface area contributed by atoms with Gasteiger partial charge in [-0.3, -0.25) is 14.4 Å². The predicted molar refractivity (Wildman–Crippen MR) is 386 cm³/mol. The fraction of sp³-hybridized carbons (Fsp3) is 0.909. The van der Waals surface area contributed by atoms with Crippen LogP contribution in [0.1, 0.15) is 350 Å². The number of rotatable bonds is 65. The van der Waals surface area contributed by atoms with Crippen molar-refractivity contribution in [3.05, 3.63) is 24.3 Å². The Bertz CT molecular complexity index is 1610. The Morgan fingerprint density at radius 3 is 0.957 bits per heavy atom. The van der Waals surface area contributed by atoms with Crippen LogP contribution >= 0.6 is 0 Å². The summed E-state index contributed by atoms with van der Waals surface area (Å²) in [6.07, 6.45) is 59.4. The van der Waals surface area contributed by atoms with Gasteiger partial charge in [-0.05, 0) is 77.0 Å². The Morgan fingerprint density at radius 1 is 0.304 bits per heavy atom. The number of aliphatic hydroxyl groups excluding tert-OH is 9. The number of hydrogen-bond donors (Lipinski definition) is 9. The molecule has 0 bridgehead atoms. The largest absolute Gasteiger partial charge is 0.394 e. The van der Waals surface area contributed by atoms with Crippen LogP contribution in [0.2, 0.25) is 0 Å². The molecule has 3 amide bonds. The lowest BCUT2D eigenvalue weighted by Crippen LogP contribution is -2.46. The van der Waals surface area contributed by atoms with Crippen LogP contribution in [0.3, 0.4) is 0 Å². The number of hydrogen-bond acceptors (Lipinski definition) is 12. The third-order valence-corrected chi connectivity index (χ3v) is 17.4. The number of carbonyl (C=O) groups excluding carboxylic acids is 3. The molecule has 7 atom stereocenters. The third kappa shape index (κ3) is 63.6. The lowest BCUT2D eigenvalue weighted by atomic mass is 10.00. The van der Waals surface area contributed by atoms with E-state index in [1.165, 1.54) is 222 Å². The summed E-state index contributed by atoms with van der Waals surface area (Å²) < 4.78 is 0. The van der Waals surface area contributed by atoms with E-state index in [-0.39, 0.29) is 57.2 Å². The molecule has 0 spiro atoms. The maximum absolute atomic E-state index is 12.7. The lowest BCUT2D eigenvalue weighted by molar-refractivity contribution is -0.143. The molecular formula is C77H153N3O12. The number of nitrogens with zero attached hydrogens (tertiary/aromatic N) is 3. The molecule has 548 valence electrons. The summed E-state index contributed by atoms with van der Waals surface area (Å²) >= 11 is 0. The average molecular weight is 1310 g/mol. The number of carbonyl (C=O) groups is 3. The zero-order valence-corrected chi connectivity index (χ0v) is 61.0. The van der Waals surface area contributed by atoms with Crippen LogP contribution in [0.15, 0.2) is 24.3 Å². The minimum atomic E-state index is -1.08. The molecular weight excluding hydrogens is 1160 g/mol. The van der Waals surface area contributed by atoms with E-state index in [9.17, 15) is 50.1 Å². The van der Waals surface area contributed by atoms with Crippen molar-refractivity contribution in [2.75, 3.05) is 59.1 Å². The molecule has 0 aliphatic rings. The van der Waals surface area contributed by atoms with E-state index in [2.05, 4.69) is 58.9 Å². The summed E-state index contributed by atoms with van der Waals surface area (Å²) in [5, 5.41) is 86.0. The molecule has 0 heterocycles. The highest BCUT2D eigenvalue weighted by molar-refractivity contribution is 5.81. The number of aliphatic hydroxyl groups is 9. The summed E-state index contributed by atoms with van der Waals surface area (Å²) in [4.78, 5) is 41.5. The third-order valence-electron chi connectivity index (χ3n) is 17.4. The molecule has 0 saturated carbocycles. The van der Waals surface area contributed by atoms with Crippen LogP contribution in [0.4, 0.5) is 0 Å². The monoisotopic (exact) mass is 1310 g/mol. The fourth-order valence-corrected chi connectivity index (χ4v) is 11.5. The second-order valence-corrected chi connectivity index (χ2v) is 27.0. The van der Waals surface area contributed by atoms with Gasteiger partial charge in [0.25, 0.3) is 17.7 Å². The first-order chi connectivity index (χ1) is 44.5. The molecule has 0 fully saturated rings. The van der Waals surface area contributed by atoms with Crippen LogP contribution in [0.5, 0.6) is 0 Å². The SMILES string of the molecule is CCCCCC=CCC=CCCCCCCCCN(CC(O)CO)C(=O)C(C)O.CCCCCCCCCCCCCCC(C)CN(CC(O)CO)C(=O)C(O)CCCCC.CCCCCCCCCCCCCCCCCCN(CC(O)CO)C(=O)C(O)CCC. The van der Waals surface area contributed by atoms with Crippen LogP contribution in [0, 0.1) is 5.92 Å². The fourth-order valence-electron chi connectivity index (χ4n) is 11.5. The zero-order chi connectivity index (χ0) is 68.9. The van der Waals surface area contributed by atoms with Crippen molar-refractivity contribution in [1.82, 2.24) is 14.7 Å². The van der Waals surface area contributed by atoms with Gasteiger partial charge < -0.3 is 60.7 Å². The van der Waals surface area contributed by atoms with Gasteiger partial charge >= 0.3 is 0 Å². The highest BCUT2D eigenvalue weighted by atomic mass is 16.3. The minimum Gasteiger partial charge on any atom is -0.394 e. The molecule has 7 unspecified atom stereocenters. The minimum absolute atomic E-state index is 0.0699. The number of amides is 3. The van der Waals surface area contributed by atoms with Gasteiger partial charge in [0.05, 0.1) is 38.1 Å². The molecule has 0 aromatic heterocycles. The van der Waals surface area contributed by atoms with Crippen molar-refractivity contribution >= 4 is 17.7 Å². The van der Waals surface area contributed by atoms with Crippen molar-refractivity contribution in [2.24, 2.45) is 5.92 Å². The zero-order valence-electron chi connectivity index (χ0n) is 61.0. The molecule has 92 heavy (non-hydrogen) atoms. The topological polar surface area (TPSA) is 243 Å². The van der Waals surface area contributed by atoms with Crippen molar-refractivity contribution in [3.8, 4) is 0 Å². The van der Waals surface area contributed by atoms with Crippen LogP contribution in [-0.4, -0.2) is 174 Å². The Labute approximate surface area is 566 Å². The van der Waals surface area contributed by atoms with E-state index >= 15 is 0 Å². The summed E-state index contributed by atoms with van der Waals surface area (Å²) in [7, 11) is 0. The maximum atomic E-state index is 12.7. The van der Waals surface area contributed by atoms with Crippen molar-refractivity contribution < 1.29 is 60.3 Å². The molecule has 0 aliphatic heterocycles. The first-order valence-electron chi connectivity index (χ1n) is 38.6. The van der Waals surface area contributed by atoms with Crippen LogP contribution in [-0.2, 0) is 14.4 Å². The quantitative estimate of drug-likeness (QED) is 0.0204. The Morgan fingerprint density at radius 2 is 0.587 bits per heavy atom. The molecule has 0 aromatic rings. The van der Waals surface area contributed by atoms with E-state index in [0.717, 1.165) is 83.5 Å². The predicted octanol–water partition coefficient (Wildman–Crippen LogP) is 15.8. The molecule has 0 radical (unpaired) electrons. The van der Waals surface area contributed by atoms with Gasteiger partial charge in [-0.15, -0.1) is 0 Å². The van der Waals surface area contributed by atoms with Crippen molar-refractivity contribution in [2.45, 2.75) is 387 Å². The Kier molecular flexibility index (Phi) is 74.1. The molecule has 15 nitrogen and oxygen atoms in total. The van der Waals surface area contributed by atoms with Gasteiger partial charge in [0.1, 0.15) is 18.3 Å². The van der Waals surface area contributed by atoms with Crippen molar-refractivity contribution in [3.63, 3.8) is 0 Å². The Balaban J connectivity index is -0.00000129. The van der Waals surface area contributed by atoms with E-state index in [4.69, 9.17) is 10.2 Å². The van der Waals surface area contributed by atoms with Crippen molar-refractivity contribution in [1.29, 1.82) is 0 Å². The van der Waals surface area contributed by atoms with E-state index in [1.807, 2.05) is 6.92 Å². The molecule has 9 N–H and O–H groups in total. The van der Waals surface area contributed by atoms with E-state index < -0.39 is 36.6 Å². The summed E-state index contributed by atoms with van der Waals surface area (Å²) in [5.74, 6) is -0.707. The van der Waals surface area contributed by atoms with Gasteiger partial charge in [-0.2, -0.15) is 0 Å². The maximum Gasteiger partial charge on any atom is 0.251 e. The normalized spacial score (nSPS) is 13.9. The molecule has 0 aromatic carbocycles. The lowest BCUT2D eigenvalue weighted by Gasteiger charge is -2.29. The summed E-state index contributed by atoms with van der Waals surface area (Å²) in [5.41, 5.74) is 0. The highest BCUT2D eigenvalue weighted by Crippen LogP contribution is 2.19. The van der Waals surface area contributed by atoms with Crippen LogP contribution < -0.4 is 0 Å². The van der Waals surface area contributed by atoms with Gasteiger partial charge in [0, 0.05) is 39.3 Å². The molecule has 15 heteroatoms. The van der Waals surface area contributed by atoms with Gasteiger partial charge in [-0.1, -0.05) is 303 Å². The van der Waals surface area contributed by atoms with Crippen LogP contribution in [0.25, 0.3) is 0 Å². The molecule has 0 aliphatic carbocycles. The van der Waals surface area contributed by atoms with Gasteiger partial charge in [0.2, 0.25) is 0 Å². The number of unbranched alkanes of at least 4 members (excludes halogenated alkanes) is 37. The van der Waals surface area contributed by atoms with E-state index in [1.54, 1.807) is 4.90 Å². The second kappa shape index (κ2) is 72.8. The summed E-state index contributed by atoms with van der Waals surface area (Å²) in [6, 6.07) is 0. The second-order valence-electron chi connectivity index (χ2n) is 27.0. The van der Waals surface area contributed by atoms with Gasteiger partial charge in [0.15, 0.2) is 0 Å². The molecule has 0 saturated heterocycles. The Hall–Kier alpha value is -2.47.